The number of ether oxygens (including phenoxy) is 4. The van der Waals surface area contributed by atoms with Gasteiger partial charge in [0.25, 0.3) is 0 Å². The zero-order valence-corrected chi connectivity index (χ0v) is 10.3. The highest BCUT2D eigenvalue weighted by Gasteiger charge is 2.37. The van der Waals surface area contributed by atoms with E-state index in [4.69, 9.17) is 9.47 Å². The van der Waals surface area contributed by atoms with Crippen molar-refractivity contribution in [1.29, 1.82) is 0 Å². The second-order valence-corrected chi connectivity index (χ2v) is 4.09. The Labute approximate surface area is 110 Å². The van der Waals surface area contributed by atoms with E-state index in [1.807, 2.05) is 0 Å². The van der Waals surface area contributed by atoms with Gasteiger partial charge in [-0.2, -0.15) is 17.6 Å². The molecule has 0 aliphatic carbocycles. The molecule has 0 amide bonds. The number of epoxide rings is 1. The highest BCUT2D eigenvalue weighted by molar-refractivity contribution is 4.69. The predicted molar refractivity (Wildman–Crippen MR) is 53.2 cm³/mol. The first-order chi connectivity index (χ1) is 9.28. The van der Waals surface area contributed by atoms with Crippen molar-refractivity contribution < 1.29 is 45.3 Å². The van der Waals surface area contributed by atoms with E-state index in [-0.39, 0.29) is 12.7 Å². The third kappa shape index (κ3) is 7.27. The molecular formula is C10H14F6O4. The molecule has 120 valence electrons. The molecule has 0 saturated carbocycles. The fourth-order valence-electron chi connectivity index (χ4n) is 1.14. The van der Waals surface area contributed by atoms with Gasteiger partial charge in [0.15, 0.2) is 13.3 Å². The van der Waals surface area contributed by atoms with Gasteiger partial charge < -0.3 is 18.9 Å². The normalized spacial score (nSPS) is 21.0. The fourth-order valence-corrected chi connectivity index (χ4v) is 1.14. The SMILES string of the molecule is FCC(F)(F)OCC(COCC1CO1)OC(F)(F)CF. The van der Waals surface area contributed by atoms with Gasteiger partial charge in [0, 0.05) is 0 Å². The van der Waals surface area contributed by atoms with Crippen molar-refractivity contribution in [2.24, 2.45) is 0 Å². The molecule has 0 N–H and O–H groups in total. The van der Waals surface area contributed by atoms with E-state index in [0.29, 0.717) is 6.61 Å². The van der Waals surface area contributed by atoms with Gasteiger partial charge in [-0.3, -0.25) is 0 Å². The Hall–Kier alpha value is -0.580. The van der Waals surface area contributed by atoms with E-state index < -0.39 is 44.9 Å². The lowest BCUT2D eigenvalue weighted by Gasteiger charge is -2.24. The third-order valence-corrected chi connectivity index (χ3v) is 2.14. The lowest BCUT2D eigenvalue weighted by Crippen LogP contribution is -2.38. The number of rotatable bonds is 11. The summed E-state index contributed by atoms with van der Waals surface area (Å²) in [7, 11) is 0. The van der Waals surface area contributed by atoms with E-state index in [1.54, 1.807) is 0 Å². The van der Waals surface area contributed by atoms with Crippen LogP contribution in [0.25, 0.3) is 0 Å². The Balaban J connectivity index is 2.39. The van der Waals surface area contributed by atoms with Crippen molar-refractivity contribution in [3.8, 4) is 0 Å². The highest BCUT2D eigenvalue weighted by atomic mass is 19.3. The predicted octanol–water partition coefficient (Wildman–Crippen LogP) is 1.93. The first-order valence-corrected chi connectivity index (χ1v) is 5.66. The maximum Gasteiger partial charge on any atom is 0.384 e. The molecule has 0 spiro atoms. The monoisotopic (exact) mass is 312 g/mol. The summed E-state index contributed by atoms with van der Waals surface area (Å²) in [4.78, 5) is 0. The zero-order valence-electron chi connectivity index (χ0n) is 10.3. The summed E-state index contributed by atoms with van der Waals surface area (Å²) in [5.41, 5.74) is 0. The van der Waals surface area contributed by atoms with Gasteiger partial charge >= 0.3 is 12.2 Å². The van der Waals surface area contributed by atoms with Gasteiger partial charge in [-0.25, -0.2) is 8.78 Å². The number of alkyl halides is 6. The van der Waals surface area contributed by atoms with Crippen LogP contribution in [0.2, 0.25) is 0 Å². The average Bonchev–Trinajstić information content (AvgIpc) is 3.20. The van der Waals surface area contributed by atoms with E-state index in [0.717, 1.165) is 0 Å². The summed E-state index contributed by atoms with van der Waals surface area (Å²) in [6.45, 7) is -5.36. The van der Waals surface area contributed by atoms with Gasteiger partial charge in [0.05, 0.1) is 26.4 Å². The number of halogens is 6. The number of hydrogen-bond acceptors (Lipinski definition) is 4. The molecule has 1 aliphatic rings. The molecule has 0 bridgehead atoms. The molecule has 2 atom stereocenters. The van der Waals surface area contributed by atoms with Crippen LogP contribution >= 0.6 is 0 Å². The van der Waals surface area contributed by atoms with Gasteiger partial charge in [-0.15, -0.1) is 0 Å². The van der Waals surface area contributed by atoms with Gasteiger partial charge in [0.2, 0.25) is 0 Å². The van der Waals surface area contributed by atoms with Crippen LogP contribution in [0, 0.1) is 0 Å². The minimum absolute atomic E-state index is 0.0561. The van der Waals surface area contributed by atoms with Crippen LogP contribution in [0.5, 0.6) is 0 Å². The van der Waals surface area contributed by atoms with Gasteiger partial charge in [-0.05, 0) is 0 Å². The molecule has 1 rings (SSSR count). The minimum atomic E-state index is -4.15. The largest absolute Gasteiger partial charge is 0.384 e. The van der Waals surface area contributed by atoms with Crippen molar-refractivity contribution in [3.05, 3.63) is 0 Å². The van der Waals surface area contributed by atoms with Crippen molar-refractivity contribution in [2.45, 2.75) is 24.4 Å². The topological polar surface area (TPSA) is 40.2 Å². The molecular weight excluding hydrogens is 298 g/mol. The van der Waals surface area contributed by atoms with E-state index in [2.05, 4.69) is 9.47 Å². The van der Waals surface area contributed by atoms with E-state index >= 15 is 0 Å². The second kappa shape index (κ2) is 7.43. The summed E-state index contributed by atoms with van der Waals surface area (Å²) >= 11 is 0. The molecule has 1 aliphatic heterocycles. The van der Waals surface area contributed by atoms with Crippen LogP contribution < -0.4 is 0 Å². The molecule has 4 nitrogen and oxygen atoms in total. The molecule has 1 heterocycles. The lowest BCUT2D eigenvalue weighted by molar-refractivity contribution is -0.307. The van der Waals surface area contributed by atoms with Crippen molar-refractivity contribution in [3.63, 3.8) is 0 Å². The Kier molecular flexibility index (Phi) is 6.49. The Morgan fingerprint density at radius 2 is 1.65 bits per heavy atom. The van der Waals surface area contributed by atoms with Crippen LogP contribution in [-0.4, -0.2) is 64.2 Å². The standard InChI is InChI=1S/C10H14F6O4/c11-5-9(13,14)19-4-8(20-10(15,16)6-12)2-17-1-7-3-18-7/h7-8H,1-6H2. The van der Waals surface area contributed by atoms with Gasteiger partial charge in [0.1, 0.15) is 12.2 Å². The highest BCUT2D eigenvalue weighted by Crippen LogP contribution is 2.22. The molecule has 2 unspecified atom stereocenters. The summed E-state index contributed by atoms with van der Waals surface area (Å²) in [6.07, 6.45) is -10.1. The van der Waals surface area contributed by atoms with Crippen LogP contribution in [0.4, 0.5) is 26.3 Å². The molecule has 0 aromatic heterocycles. The van der Waals surface area contributed by atoms with Crippen LogP contribution in [0.1, 0.15) is 0 Å². The van der Waals surface area contributed by atoms with Gasteiger partial charge in [-0.1, -0.05) is 0 Å². The maximum atomic E-state index is 12.7. The molecule has 0 radical (unpaired) electrons. The fraction of sp³-hybridized carbons (Fsp3) is 1.00. The molecule has 10 heteroatoms. The Morgan fingerprint density at radius 3 is 2.15 bits per heavy atom. The summed E-state index contributed by atoms with van der Waals surface area (Å²) in [5, 5.41) is 0. The summed E-state index contributed by atoms with van der Waals surface area (Å²) in [5.74, 6) is 0. The average molecular weight is 312 g/mol. The molecule has 20 heavy (non-hydrogen) atoms. The van der Waals surface area contributed by atoms with E-state index in [9.17, 15) is 26.3 Å². The number of hydrogen-bond donors (Lipinski definition) is 0. The second-order valence-electron chi connectivity index (χ2n) is 4.09. The van der Waals surface area contributed by atoms with Crippen molar-refractivity contribution in [1.82, 2.24) is 0 Å². The summed E-state index contributed by atoms with van der Waals surface area (Å²) < 4.78 is 91.6. The summed E-state index contributed by atoms with van der Waals surface area (Å²) in [6, 6.07) is 0. The van der Waals surface area contributed by atoms with Crippen molar-refractivity contribution in [2.75, 3.05) is 39.8 Å². The lowest BCUT2D eigenvalue weighted by atomic mass is 10.4. The first kappa shape index (κ1) is 17.5. The third-order valence-electron chi connectivity index (χ3n) is 2.14. The molecule has 0 aromatic carbocycles. The van der Waals surface area contributed by atoms with Crippen LogP contribution in [0.15, 0.2) is 0 Å². The Morgan fingerprint density at radius 1 is 1.05 bits per heavy atom. The molecule has 0 aromatic rings. The maximum absolute atomic E-state index is 12.7. The molecule has 1 saturated heterocycles. The first-order valence-electron chi connectivity index (χ1n) is 5.66. The zero-order chi connectivity index (χ0) is 15.2. The van der Waals surface area contributed by atoms with Crippen molar-refractivity contribution >= 4 is 0 Å². The molecule has 1 fully saturated rings. The van der Waals surface area contributed by atoms with Crippen LogP contribution in [0.3, 0.4) is 0 Å². The minimum Gasteiger partial charge on any atom is -0.376 e. The van der Waals surface area contributed by atoms with E-state index in [1.165, 1.54) is 0 Å². The Bertz CT molecular complexity index is 287. The van der Waals surface area contributed by atoms with Crippen LogP contribution in [-0.2, 0) is 18.9 Å². The quantitative estimate of drug-likeness (QED) is 0.432. The smallest absolute Gasteiger partial charge is 0.376 e.